The fraction of sp³-hybridized carbons (Fsp3) is 0.125. The van der Waals surface area contributed by atoms with Crippen LogP contribution in [0.4, 0.5) is 4.39 Å². The fourth-order valence-corrected chi connectivity index (χ4v) is 1.14. The highest BCUT2D eigenvalue weighted by atomic mass is 35.5. The predicted octanol–water partition coefficient (Wildman–Crippen LogP) is 2.53. The quantitative estimate of drug-likeness (QED) is 0.780. The van der Waals surface area contributed by atoms with Gasteiger partial charge in [0.25, 0.3) is 0 Å². The summed E-state index contributed by atoms with van der Waals surface area (Å²) in [6, 6.07) is 1.16. The smallest absolute Gasteiger partial charge is 0.166 e. The van der Waals surface area contributed by atoms with Crippen LogP contribution >= 0.6 is 23.2 Å². The SMILES string of the molecule is OC/C=C/c1cc(F)c(Cl)nc1Cl. The fourth-order valence-electron chi connectivity index (χ4n) is 0.756. The Labute approximate surface area is 84.6 Å². The van der Waals surface area contributed by atoms with Crippen LogP contribution in [0, 0.1) is 5.82 Å². The molecule has 5 heteroatoms. The summed E-state index contributed by atoms with van der Waals surface area (Å²) in [7, 11) is 0. The Hall–Kier alpha value is -0.640. The standard InChI is InChI=1S/C8H6Cl2FNO/c9-7-5(2-1-3-13)4-6(11)8(10)12-7/h1-2,4,13H,3H2/b2-1+. The summed E-state index contributed by atoms with van der Waals surface area (Å²) in [5.74, 6) is -0.636. The highest BCUT2D eigenvalue weighted by Crippen LogP contribution is 2.21. The Morgan fingerprint density at radius 3 is 2.77 bits per heavy atom. The van der Waals surface area contributed by atoms with Crippen molar-refractivity contribution in [1.29, 1.82) is 0 Å². The number of aliphatic hydroxyl groups is 1. The van der Waals surface area contributed by atoms with Crippen molar-refractivity contribution in [1.82, 2.24) is 4.98 Å². The number of hydrogen-bond acceptors (Lipinski definition) is 2. The molecule has 0 aromatic carbocycles. The molecule has 0 spiro atoms. The first-order chi connectivity index (χ1) is 6.15. The van der Waals surface area contributed by atoms with Gasteiger partial charge in [-0.25, -0.2) is 9.37 Å². The molecule has 0 bridgehead atoms. The van der Waals surface area contributed by atoms with Gasteiger partial charge in [-0.05, 0) is 6.07 Å². The van der Waals surface area contributed by atoms with Crippen LogP contribution in [-0.2, 0) is 0 Å². The van der Waals surface area contributed by atoms with Gasteiger partial charge in [-0.15, -0.1) is 0 Å². The topological polar surface area (TPSA) is 33.1 Å². The highest BCUT2D eigenvalue weighted by molar-refractivity contribution is 6.33. The van der Waals surface area contributed by atoms with Crippen molar-refractivity contribution in [3.05, 3.63) is 33.8 Å². The van der Waals surface area contributed by atoms with E-state index in [1.54, 1.807) is 0 Å². The molecule has 1 rings (SSSR count). The lowest BCUT2D eigenvalue weighted by atomic mass is 10.2. The molecule has 0 aliphatic carbocycles. The van der Waals surface area contributed by atoms with E-state index in [2.05, 4.69) is 4.98 Å². The van der Waals surface area contributed by atoms with Crippen LogP contribution in [0.2, 0.25) is 10.3 Å². The second kappa shape index (κ2) is 4.56. The number of rotatable bonds is 2. The zero-order valence-corrected chi connectivity index (χ0v) is 7.98. The molecular weight excluding hydrogens is 216 g/mol. The number of halogens is 3. The summed E-state index contributed by atoms with van der Waals surface area (Å²) < 4.78 is 12.8. The third-order valence-electron chi connectivity index (χ3n) is 1.32. The summed E-state index contributed by atoms with van der Waals surface area (Å²) in [4.78, 5) is 3.55. The van der Waals surface area contributed by atoms with E-state index in [1.165, 1.54) is 12.2 Å². The molecule has 0 aliphatic rings. The summed E-state index contributed by atoms with van der Waals surface area (Å²) >= 11 is 11.0. The lowest BCUT2D eigenvalue weighted by Crippen LogP contribution is -1.87. The van der Waals surface area contributed by atoms with Crippen LogP contribution in [0.5, 0.6) is 0 Å². The van der Waals surface area contributed by atoms with Crippen LogP contribution in [0.15, 0.2) is 12.1 Å². The summed E-state index contributed by atoms with van der Waals surface area (Å²) in [5.41, 5.74) is 0.387. The predicted molar refractivity (Wildman–Crippen MR) is 50.3 cm³/mol. The lowest BCUT2D eigenvalue weighted by molar-refractivity contribution is 0.343. The van der Waals surface area contributed by atoms with Gasteiger partial charge < -0.3 is 5.11 Å². The van der Waals surface area contributed by atoms with Crippen molar-refractivity contribution >= 4 is 29.3 Å². The highest BCUT2D eigenvalue weighted by Gasteiger charge is 2.05. The molecule has 0 aliphatic heterocycles. The van der Waals surface area contributed by atoms with Gasteiger partial charge in [0, 0.05) is 5.56 Å². The third kappa shape index (κ3) is 2.66. The molecule has 1 N–H and O–H groups in total. The van der Waals surface area contributed by atoms with Gasteiger partial charge in [0.05, 0.1) is 6.61 Å². The Balaban J connectivity index is 3.08. The molecule has 2 nitrogen and oxygen atoms in total. The molecule has 0 radical (unpaired) electrons. The molecule has 0 saturated carbocycles. The zero-order valence-electron chi connectivity index (χ0n) is 6.47. The molecule has 0 saturated heterocycles. The molecular formula is C8H6Cl2FNO. The first kappa shape index (κ1) is 10.4. The van der Waals surface area contributed by atoms with E-state index in [9.17, 15) is 4.39 Å². The van der Waals surface area contributed by atoms with E-state index < -0.39 is 5.82 Å². The van der Waals surface area contributed by atoms with E-state index in [1.807, 2.05) is 0 Å². The molecule has 0 amide bonds. The second-order valence-corrected chi connectivity index (χ2v) is 2.94. The third-order valence-corrected chi connectivity index (χ3v) is 1.88. The maximum absolute atomic E-state index is 12.8. The Morgan fingerprint density at radius 1 is 1.46 bits per heavy atom. The maximum Gasteiger partial charge on any atom is 0.166 e. The Morgan fingerprint density at radius 2 is 2.15 bits per heavy atom. The number of aliphatic hydroxyl groups excluding tert-OH is 1. The first-order valence-electron chi connectivity index (χ1n) is 3.44. The van der Waals surface area contributed by atoms with E-state index in [0.717, 1.165) is 6.07 Å². The molecule has 1 aromatic rings. The van der Waals surface area contributed by atoms with E-state index in [0.29, 0.717) is 5.56 Å². The van der Waals surface area contributed by atoms with Gasteiger partial charge in [0.15, 0.2) is 11.0 Å². The van der Waals surface area contributed by atoms with Gasteiger partial charge >= 0.3 is 0 Å². The zero-order chi connectivity index (χ0) is 9.84. The van der Waals surface area contributed by atoms with Gasteiger partial charge in [0.1, 0.15) is 5.15 Å². The second-order valence-electron chi connectivity index (χ2n) is 2.23. The van der Waals surface area contributed by atoms with Crippen LogP contribution < -0.4 is 0 Å². The van der Waals surface area contributed by atoms with Gasteiger partial charge in [-0.1, -0.05) is 35.4 Å². The number of pyridine rings is 1. The molecule has 0 fully saturated rings. The van der Waals surface area contributed by atoms with Crippen LogP contribution in [0.25, 0.3) is 6.08 Å². The summed E-state index contributed by atoms with van der Waals surface area (Å²) in [6.45, 7) is -0.138. The maximum atomic E-state index is 12.8. The minimum atomic E-state index is -0.636. The minimum Gasteiger partial charge on any atom is -0.392 e. The van der Waals surface area contributed by atoms with Gasteiger partial charge in [0.2, 0.25) is 0 Å². The van der Waals surface area contributed by atoms with Gasteiger partial charge in [-0.2, -0.15) is 0 Å². The Bertz CT molecular complexity index is 341. The number of nitrogens with zero attached hydrogens (tertiary/aromatic N) is 1. The molecule has 13 heavy (non-hydrogen) atoms. The largest absolute Gasteiger partial charge is 0.392 e. The Kier molecular flexibility index (Phi) is 3.66. The van der Waals surface area contributed by atoms with E-state index >= 15 is 0 Å². The summed E-state index contributed by atoms with van der Waals surface area (Å²) in [6.07, 6.45) is 2.89. The number of aromatic nitrogens is 1. The monoisotopic (exact) mass is 221 g/mol. The molecule has 0 unspecified atom stereocenters. The van der Waals surface area contributed by atoms with Crippen molar-refractivity contribution in [2.75, 3.05) is 6.61 Å². The van der Waals surface area contributed by atoms with E-state index in [4.69, 9.17) is 28.3 Å². The average Bonchev–Trinajstić information content (AvgIpc) is 2.09. The van der Waals surface area contributed by atoms with Crippen molar-refractivity contribution in [2.45, 2.75) is 0 Å². The normalized spacial score (nSPS) is 11.1. The number of hydrogen-bond donors (Lipinski definition) is 1. The lowest BCUT2D eigenvalue weighted by Gasteiger charge is -1.98. The molecule has 70 valence electrons. The molecule has 1 aromatic heterocycles. The minimum absolute atomic E-state index is 0.108. The van der Waals surface area contributed by atoms with Crippen molar-refractivity contribution in [3.8, 4) is 0 Å². The van der Waals surface area contributed by atoms with Gasteiger partial charge in [-0.3, -0.25) is 0 Å². The van der Waals surface area contributed by atoms with Crippen molar-refractivity contribution in [2.24, 2.45) is 0 Å². The van der Waals surface area contributed by atoms with Crippen molar-refractivity contribution in [3.63, 3.8) is 0 Å². The first-order valence-corrected chi connectivity index (χ1v) is 4.19. The van der Waals surface area contributed by atoms with Crippen molar-refractivity contribution < 1.29 is 9.50 Å². The van der Waals surface area contributed by atoms with Crippen LogP contribution in [0.3, 0.4) is 0 Å². The van der Waals surface area contributed by atoms with Crippen LogP contribution in [-0.4, -0.2) is 16.7 Å². The summed E-state index contributed by atoms with van der Waals surface area (Å²) in [5, 5.41) is 8.32. The molecule has 1 heterocycles. The van der Waals surface area contributed by atoms with Crippen LogP contribution in [0.1, 0.15) is 5.56 Å². The average molecular weight is 222 g/mol. The van der Waals surface area contributed by atoms with E-state index in [-0.39, 0.29) is 16.9 Å². The molecule has 0 atom stereocenters.